The van der Waals surface area contributed by atoms with Gasteiger partial charge in [0, 0.05) is 13.1 Å². The largest absolute Gasteiger partial charge is 0.497 e. The number of hydrogen-bond donors (Lipinski definition) is 1. The minimum atomic E-state index is -0.281. The van der Waals surface area contributed by atoms with Crippen molar-refractivity contribution in [3.63, 3.8) is 0 Å². The van der Waals surface area contributed by atoms with Gasteiger partial charge in [-0.2, -0.15) is 0 Å². The van der Waals surface area contributed by atoms with Crippen molar-refractivity contribution in [2.75, 3.05) is 25.3 Å². The molecule has 1 heterocycles. The highest BCUT2D eigenvalue weighted by atomic mass is 32.2. The predicted octanol–water partition coefficient (Wildman–Crippen LogP) is 3.70. The zero-order valence-corrected chi connectivity index (χ0v) is 18.1. The molecule has 8 nitrogen and oxygen atoms in total. The molecule has 9 heteroatoms. The van der Waals surface area contributed by atoms with Crippen molar-refractivity contribution in [2.24, 2.45) is 7.05 Å². The lowest BCUT2D eigenvalue weighted by molar-refractivity contribution is -0.113. The summed E-state index contributed by atoms with van der Waals surface area (Å²) in [4.78, 5) is 12.4. The highest BCUT2D eigenvalue weighted by Gasteiger charge is 2.18. The maximum absolute atomic E-state index is 12.4. The van der Waals surface area contributed by atoms with E-state index in [2.05, 4.69) is 15.5 Å². The second kappa shape index (κ2) is 10.0. The molecule has 0 saturated heterocycles. The number of benzene rings is 2. The van der Waals surface area contributed by atoms with E-state index in [1.807, 2.05) is 48.9 Å². The van der Waals surface area contributed by atoms with E-state index >= 15 is 0 Å². The summed E-state index contributed by atoms with van der Waals surface area (Å²) in [6.07, 6.45) is -0.281. The maximum atomic E-state index is 12.4. The quantitative estimate of drug-likeness (QED) is 0.520. The molecule has 0 radical (unpaired) electrons. The van der Waals surface area contributed by atoms with Crippen LogP contribution in [0.1, 0.15) is 18.9 Å². The molecule has 2 aromatic carbocycles. The molecule has 3 aromatic rings. The number of carbonyl (C=O) groups is 1. The minimum absolute atomic E-state index is 0.176. The van der Waals surface area contributed by atoms with E-state index < -0.39 is 0 Å². The molecule has 0 fully saturated rings. The molecule has 3 rings (SSSR count). The SMILES string of the molecule is COc1ccc(NC(=O)CSc2nnc(C(C)Oc3ccccc3)n2C)c(OC)c1. The van der Waals surface area contributed by atoms with E-state index in [9.17, 15) is 4.79 Å². The van der Waals surface area contributed by atoms with Gasteiger partial charge in [0.15, 0.2) is 17.1 Å². The number of para-hydroxylation sites is 1. The third-order valence-corrected chi connectivity index (χ3v) is 5.32. The van der Waals surface area contributed by atoms with Gasteiger partial charge in [0.2, 0.25) is 5.91 Å². The van der Waals surface area contributed by atoms with Gasteiger partial charge < -0.3 is 24.1 Å². The molecule has 1 N–H and O–H groups in total. The molecule has 1 atom stereocenters. The Labute approximate surface area is 179 Å². The average Bonchev–Trinajstić information content (AvgIpc) is 3.13. The number of thioether (sulfide) groups is 1. The number of anilines is 1. The van der Waals surface area contributed by atoms with Gasteiger partial charge in [0.05, 0.1) is 25.7 Å². The van der Waals surface area contributed by atoms with Crippen molar-refractivity contribution >= 4 is 23.4 Å². The monoisotopic (exact) mass is 428 g/mol. The van der Waals surface area contributed by atoms with E-state index in [0.29, 0.717) is 28.2 Å². The maximum Gasteiger partial charge on any atom is 0.234 e. The third kappa shape index (κ3) is 5.24. The second-order valence-corrected chi connectivity index (χ2v) is 7.32. The number of ether oxygens (including phenoxy) is 3. The first-order valence-corrected chi connectivity index (χ1v) is 10.3. The van der Waals surface area contributed by atoms with Crippen LogP contribution in [0.3, 0.4) is 0 Å². The Morgan fingerprint density at radius 1 is 1.10 bits per heavy atom. The number of rotatable bonds is 9. The number of nitrogens with zero attached hydrogens (tertiary/aromatic N) is 3. The number of aromatic nitrogens is 3. The minimum Gasteiger partial charge on any atom is -0.497 e. The molecule has 0 bridgehead atoms. The van der Waals surface area contributed by atoms with E-state index in [-0.39, 0.29) is 17.8 Å². The van der Waals surface area contributed by atoms with E-state index in [1.54, 1.807) is 32.4 Å². The van der Waals surface area contributed by atoms with Crippen molar-refractivity contribution in [1.82, 2.24) is 14.8 Å². The molecular weight excluding hydrogens is 404 g/mol. The van der Waals surface area contributed by atoms with Crippen molar-refractivity contribution in [2.45, 2.75) is 18.2 Å². The first-order valence-electron chi connectivity index (χ1n) is 9.27. The Bertz CT molecular complexity index is 994. The number of nitrogens with one attached hydrogen (secondary N) is 1. The molecule has 0 spiro atoms. The lowest BCUT2D eigenvalue weighted by Crippen LogP contribution is -2.15. The van der Waals surface area contributed by atoms with Gasteiger partial charge in [-0.25, -0.2) is 0 Å². The van der Waals surface area contributed by atoms with Crippen LogP contribution in [0.4, 0.5) is 5.69 Å². The molecule has 30 heavy (non-hydrogen) atoms. The number of amides is 1. The smallest absolute Gasteiger partial charge is 0.234 e. The van der Waals surface area contributed by atoms with E-state index in [0.717, 1.165) is 5.75 Å². The zero-order valence-electron chi connectivity index (χ0n) is 17.3. The fraction of sp³-hybridized carbons (Fsp3) is 0.286. The Balaban J connectivity index is 1.59. The summed E-state index contributed by atoms with van der Waals surface area (Å²) in [5.74, 6) is 2.61. The topological polar surface area (TPSA) is 87.5 Å². The fourth-order valence-electron chi connectivity index (χ4n) is 2.78. The third-order valence-electron chi connectivity index (χ3n) is 4.30. The highest BCUT2D eigenvalue weighted by Crippen LogP contribution is 2.29. The van der Waals surface area contributed by atoms with Gasteiger partial charge in [-0.1, -0.05) is 30.0 Å². The summed E-state index contributed by atoms with van der Waals surface area (Å²) >= 11 is 1.30. The van der Waals surface area contributed by atoms with Crippen molar-refractivity contribution in [3.05, 3.63) is 54.4 Å². The standard InChI is InChI=1S/C21H24N4O4S/c1-14(29-15-8-6-5-7-9-15)20-23-24-21(25(20)2)30-13-19(26)22-17-11-10-16(27-3)12-18(17)28-4/h5-12,14H,13H2,1-4H3,(H,22,26). The van der Waals surface area contributed by atoms with Gasteiger partial charge >= 0.3 is 0 Å². The predicted molar refractivity (Wildman–Crippen MR) is 115 cm³/mol. The fourth-order valence-corrected chi connectivity index (χ4v) is 3.50. The summed E-state index contributed by atoms with van der Waals surface area (Å²) in [5.41, 5.74) is 0.576. The Kier molecular flexibility index (Phi) is 7.18. The van der Waals surface area contributed by atoms with Crippen LogP contribution < -0.4 is 19.5 Å². The lowest BCUT2D eigenvalue weighted by atomic mass is 10.2. The van der Waals surface area contributed by atoms with Crippen LogP contribution in [0.25, 0.3) is 0 Å². The molecule has 1 unspecified atom stereocenters. The molecule has 1 amide bonds. The Morgan fingerprint density at radius 2 is 1.87 bits per heavy atom. The summed E-state index contributed by atoms with van der Waals surface area (Å²) in [6, 6.07) is 14.7. The van der Waals surface area contributed by atoms with Crippen molar-refractivity contribution < 1.29 is 19.0 Å². The highest BCUT2D eigenvalue weighted by molar-refractivity contribution is 7.99. The first-order chi connectivity index (χ1) is 14.5. The van der Waals surface area contributed by atoms with Gasteiger partial charge in [-0.05, 0) is 31.2 Å². The summed E-state index contributed by atoms with van der Waals surface area (Å²) in [7, 11) is 4.97. The van der Waals surface area contributed by atoms with E-state index in [4.69, 9.17) is 14.2 Å². The molecule has 158 valence electrons. The van der Waals surface area contributed by atoms with Crippen LogP contribution in [0.15, 0.2) is 53.7 Å². The summed E-state index contributed by atoms with van der Waals surface area (Å²) in [5, 5.41) is 11.9. The van der Waals surface area contributed by atoms with Crippen LogP contribution in [-0.4, -0.2) is 40.6 Å². The van der Waals surface area contributed by atoms with Crippen LogP contribution in [-0.2, 0) is 11.8 Å². The van der Waals surface area contributed by atoms with Crippen molar-refractivity contribution in [3.8, 4) is 17.2 Å². The van der Waals surface area contributed by atoms with Gasteiger partial charge in [0.25, 0.3) is 0 Å². The summed E-state index contributed by atoms with van der Waals surface area (Å²) < 4.78 is 18.2. The molecule has 0 saturated carbocycles. The zero-order chi connectivity index (χ0) is 21.5. The van der Waals surface area contributed by atoms with Gasteiger partial charge in [-0.3, -0.25) is 4.79 Å². The number of carbonyl (C=O) groups excluding carboxylic acids is 1. The molecule has 1 aromatic heterocycles. The molecule has 0 aliphatic heterocycles. The second-order valence-electron chi connectivity index (χ2n) is 6.38. The molecule has 0 aliphatic rings. The van der Waals surface area contributed by atoms with Gasteiger partial charge in [0.1, 0.15) is 17.2 Å². The Morgan fingerprint density at radius 3 is 2.57 bits per heavy atom. The average molecular weight is 429 g/mol. The normalized spacial score (nSPS) is 11.6. The molecular formula is C21H24N4O4S. The number of methoxy groups -OCH3 is 2. The Hall–Kier alpha value is -3.20. The summed E-state index contributed by atoms with van der Waals surface area (Å²) in [6.45, 7) is 1.91. The molecule has 0 aliphatic carbocycles. The van der Waals surface area contributed by atoms with Crippen molar-refractivity contribution in [1.29, 1.82) is 0 Å². The van der Waals surface area contributed by atoms with Crippen LogP contribution in [0, 0.1) is 0 Å². The number of hydrogen-bond acceptors (Lipinski definition) is 7. The first kappa shape index (κ1) is 21.5. The lowest BCUT2D eigenvalue weighted by Gasteiger charge is -2.14. The van der Waals surface area contributed by atoms with Crippen LogP contribution in [0.5, 0.6) is 17.2 Å². The van der Waals surface area contributed by atoms with Crippen LogP contribution in [0.2, 0.25) is 0 Å². The van der Waals surface area contributed by atoms with Crippen LogP contribution >= 0.6 is 11.8 Å². The van der Waals surface area contributed by atoms with Gasteiger partial charge in [-0.15, -0.1) is 10.2 Å². The van der Waals surface area contributed by atoms with E-state index in [1.165, 1.54) is 11.8 Å².